The second kappa shape index (κ2) is 14.9. The van der Waals surface area contributed by atoms with Crippen molar-refractivity contribution < 1.29 is 45.7 Å². The van der Waals surface area contributed by atoms with Gasteiger partial charge in [0.25, 0.3) is 20.2 Å². The van der Waals surface area contributed by atoms with E-state index in [4.69, 9.17) is 19.3 Å². The molecule has 0 saturated heterocycles. The summed E-state index contributed by atoms with van der Waals surface area (Å²) < 4.78 is 58.2. The molecule has 15 heteroatoms. The summed E-state index contributed by atoms with van der Waals surface area (Å²) in [5.74, 6) is -3.50. The van der Waals surface area contributed by atoms with Gasteiger partial charge < -0.3 is 10.2 Å². The van der Waals surface area contributed by atoms with Crippen molar-refractivity contribution in [1.29, 1.82) is 0 Å². The molecule has 0 aliphatic heterocycles. The van der Waals surface area contributed by atoms with Gasteiger partial charge in [-0.25, -0.2) is 0 Å². The molecule has 0 bridgehead atoms. The molecule has 0 saturated carbocycles. The number of carboxylic acid groups (broad SMARTS) is 2. The normalized spacial score (nSPS) is 11.2. The zero-order valence-electron chi connectivity index (χ0n) is 11.6. The first kappa shape index (κ1) is 34.5. The number of hydrogen-bond acceptors (Lipinski definition) is 6. The van der Waals surface area contributed by atoms with Crippen molar-refractivity contribution in [3.05, 3.63) is 29.8 Å². The van der Waals surface area contributed by atoms with Gasteiger partial charge in [-0.1, -0.05) is 17.7 Å². The van der Waals surface area contributed by atoms with Crippen molar-refractivity contribution in [2.75, 3.05) is 0 Å². The molecule has 0 aromatic heterocycles. The Balaban J connectivity index is -0.000000167. The van der Waals surface area contributed by atoms with Crippen LogP contribution >= 0.6 is 0 Å². The second-order valence-corrected chi connectivity index (χ2v) is 7.25. The molecule has 0 radical (unpaired) electrons. The Bertz CT molecular complexity index is 775. The Morgan fingerprint density at radius 2 is 1.31 bits per heavy atom. The molecule has 1 atom stereocenters. The Labute approximate surface area is 217 Å². The fourth-order valence-corrected chi connectivity index (χ4v) is 2.28. The Morgan fingerprint density at radius 1 is 0.923 bits per heavy atom. The summed E-state index contributed by atoms with van der Waals surface area (Å²) in [7, 11) is -8.86. The Morgan fingerprint density at radius 3 is 1.50 bits per heavy atom. The van der Waals surface area contributed by atoms with Crippen LogP contribution in [0.3, 0.4) is 0 Å². The van der Waals surface area contributed by atoms with Crippen LogP contribution in [0.25, 0.3) is 0 Å². The molecule has 4 N–H and O–H groups in total. The average Bonchev–Trinajstić information content (AvgIpc) is 2.34. The van der Waals surface area contributed by atoms with E-state index in [1.165, 1.54) is 12.1 Å². The Kier molecular flexibility index (Phi) is 19.8. The molecule has 26 heavy (non-hydrogen) atoms. The molecule has 10 nitrogen and oxygen atoms in total. The van der Waals surface area contributed by atoms with E-state index in [2.05, 4.69) is 0 Å². The third-order valence-electron chi connectivity index (χ3n) is 2.31. The van der Waals surface area contributed by atoms with Gasteiger partial charge in [0.1, 0.15) is 0 Å². The van der Waals surface area contributed by atoms with Crippen molar-refractivity contribution in [1.82, 2.24) is 0 Å². The van der Waals surface area contributed by atoms with Gasteiger partial charge in [0.15, 0.2) is 5.25 Å². The van der Waals surface area contributed by atoms with Gasteiger partial charge in [-0.3, -0.25) is 18.7 Å². The second-order valence-electron chi connectivity index (χ2n) is 4.23. The third-order valence-corrected chi connectivity index (χ3v) is 4.27. The van der Waals surface area contributed by atoms with Crippen LogP contribution in [0.1, 0.15) is 12.0 Å². The molecule has 1 unspecified atom stereocenters. The quantitative estimate of drug-likeness (QED) is 0.297. The monoisotopic (exact) mass is 442 g/mol. The van der Waals surface area contributed by atoms with Gasteiger partial charge in [0.2, 0.25) is 0 Å². The van der Waals surface area contributed by atoms with Gasteiger partial charge in [0.05, 0.1) is 11.3 Å². The van der Waals surface area contributed by atoms with Gasteiger partial charge in [0, 0.05) is 0 Å². The van der Waals surface area contributed by atoms with E-state index in [-0.39, 0.29) is 93.6 Å². The van der Waals surface area contributed by atoms with E-state index in [0.29, 0.717) is 0 Å². The summed E-state index contributed by atoms with van der Waals surface area (Å²) in [4.78, 5) is 19.9. The van der Waals surface area contributed by atoms with Crippen LogP contribution in [0, 0.1) is 6.92 Å². The molecule has 0 heterocycles. The van der Waals surface area contributed by atoms with Crippen LogP contribution in [0.5, 0.6) is 0 Å². The molecular formula is C11H17Na3O10S2. The van der Waals surface area contributed by atoms with Crippen LogP contribution in [0.15, 0.2) is 29.2 Å². The fraction of sp³-hybridized carbons (Fsp3) is 0.273. The van der Waals surface area contributed by atoms with E-state index in [1.807, 2.05) is 6.92 Å². The van der Waals surface area contributed by atoms with Gasteiger partial charge in [-0.15, -0.1) is 0 Å². The van der Waals surface area contributed by atoms with Crippen LogP contribution in [-0.2, 0) is 29.8 Å². The summed E-state index contributed by atoms with van der Waals surface area (Å²) >= 11 is 0. The van der Waals surface area contributed by atoms with Crippen molar-refractivity contribution in [3.8, 4) is 0 Å². The number of aliphatic carboxylic acids is 2. The number of benzene rings is 1. The van der Waals surface area contributed by atoms with E-state index in [0.717, 1.165) is 5.56 Å². The van der Waals surface area contributed by atoms with Crippen LogP contribution in [-0.4, -0.2) is 142 Å². The molecule has 0 aliphatic carbocycles. The number of carboxylic acids is 2. The summed E-state index contributed by atoms with van der Waals surface area (Å²) in [5, 5.41) is 13.9. The fourth-order valence-electron chi connectivity index (χ4n) is 1.19. The summed E-state index contributed by atoms with van der Waals surface area (Å²) in [6.45, 7) is 1.84. The number of rotatable bonds is 5. The predicted molar refractivity (Wildman–Crippen MR) is 97.7 cm³/mol. The molecular weight excluding hydrogens is 425 g/mol. The topological polar surface area (TPSA) is 183 Å². The maximum absolute atomic E-state index is 10.5. The number of aryl methyl sites for hydroxylation is 1. The van der Waals surface area contributed by atoms with E-state index in [9.17, 15) is 26.4 Å². The maximum atomic E-state index is 10.5. The average molecular weight is 442 g/mol. The van der Waals surface area contributed by atoms with Crippen LogP contribution < -0.4 is 0 Å². The van der Waals surface area contributed by atoms with E-state index < -0.39 is 43.8 Å². The zero-order valence-corrected chi connectivity index (χ0v) is 13.3. The standard InChI is InChI=1S/C7H8O3S.C4H6O7S.3Na.3H/c1-6-2-4-7(5-3-6)11(8,9)10;5-3(6)1-2(4(7)8)12(9,10)11;;;;;;/h2-5H,1H3,(H,8,9,10);2H,1H2,(H,5,6)(H,7,8)(H,9,10,11);;;;;;. The Hall–Kier alpha value is 0.980. The number of carbonyl (C=O) groups is 2. The summed E-state index contributed by atoms with van der Waals surface area (Å²) in [6, 6.07) is 5.99. The van der Waals surface area contributed by atoms with Crippen LogP contribution in [0.2, 0.25) is 0 Å². The summed E-state index contributed by atoms with van der Waals surface area (Å²) in [5.41, 5.74) is 0.956. The third kappa shape index (κ3) is 15.0. The number of hydrogen-bond donors (Lipinski definition) is 4. The van der Waals surface area contributed by atoms with Gasteiger partial charge >= 0.3 is 101 Å². The van der Waals surface area contributed by atoms with Gasteiger partial charge in [-0.2, -0.15) is 16.8 Å². The van der Waals surface area contributed by atoms with E-state index in [1.54, 1.807) is 12.1 Å². The molecule has 0 spiro atoms. The van der Waals surface area contributed by atoms with Gasteiger partial charge in [-0.05, 0) is 19.1 Å². The molecule has 1 aromatic rings. The summed E-state index contributed by atoms with van der Waals surface area (Å²) in [6.07, 6.45) is -1.16. The minimum atomic E-state index is -4.84. The first-order valence-corrected chi connectivity index (χ1v) is 8.64. The van der Waals surface area contributed by atoms with Crippen molar-refractivity contribution in [3.63, 3.8) is 0 Å². The molecule has 1 rings (SSSR count). The molecule has 1 aromatic carbocycles. The molecule has 136 valence electrons. The predicted octanol–water partition coefficient (Wildman–Crippen LogP) is -1.90. The zero-order chi connectivity index (χ0) is 18.4. The molecule has 0 fully saturated rings. The van der Waals surface area contributed by atoms with Crippen molar-refractivity contribution >= 4 is 121 Å². The van der Waals surface area contributed by atoms with Crippen molar-refractivity contribution in [2.45, 2.75) is 23.5 Å². The first-order valence-electron chi connectivity index (χ1n) is 5.70. The minimum absolute atomic E-state index is 0. The molecule has 0 aliphatic rings. The van der Waals surface area contributed by atoms with Crippen LogP contribution in [0.4, 0.5) is 0 Å². The SMILES string of the molecule is Cc1ccc(S(=O)(=O)O)cc1.O=C(O)CC(C(=O)O)S(=O)(=O)O.[NaH].[NaH].[NaH]. The van der Waals surface area contributed by atoms with Crippen molar-refractivity contribution in [2.24, 2.45) is 0 Å². The molecule has 0 amide bonds. The van der Waals surface area contributed by atoms with E-state index >= 15 is 0 Å². The first-order chi connectivity index (χ1) is 10.2.